The quantitative estimate of drug-likeness (QED) is 0.636. The standard InChI is InChI=1S/C27H36F2N4O3/c1-15(30-7)23(34)31-21(26(2,3)4)25(36)33-14-27(5,6)22-20(33)12-17(24(35)32(22)8)11-16-9-10-18(28)13-19(16)29/h9-10,12-13,15,21,30H,11,14H2,1-8H3,(H,31,34)/t15-,21+/m0/s1. The van der Waals surface area contributed by atoms with Crippen molar-refractivity contribution in [2.24, 2.45) is 12.5 Å². The molecule has 2 N–H and O–H groups in total. The molecule has 2 aromatic rings. The Bertz CT molecular complexity index is 1250. The van der Waals surface area contributed by atoms with Crippen LogP contribution in [0.25, 0.3) is 0 Å². The zero-order chi connectivity index (χ0) is 27.2. The molecule has 1 aromatic carbocycles. The van der Waals surface area contributed by atoms with Crippen LogP contribution in [-0.4, -0.2) is 42.1 Å². The number of nitrogens with one attached hydrogen (secondary N) is 2. The van der Waals surface area contributed by atoms with Gasteiger partial charge in [0.15, 0.2) is 0 Å². The minimum atomic E-state index is -0.822. The molecule has 36 heavy (non-hydrogen) atoms. The van der Waals surface area contributed by atoms with Crippen LogP contribution in [0.15, 0.2) is 29.1 Å². The molecule has 2 atom stereocenters. The average molecular weight is 503 g/mol. The summed E-state index contributed by atoms with van der Waals surface area (Å²) < 4.78 is 29.3. The zero-order valence-corrected chi connectivity index (χ0v) is 22.3. The van der Waals surface area contributed by atoms with Crippen molar-refractivity contribution in [3.8, 4) is 0 Å². The number of fused-ring (bicyclic) bond motifs is 1. The molecule has 0 aliphatic carbocycles. The maximum Gasteiger partial charge on any atom is 0.254 e. The largest absolute Gasteiger partial charge is 0.342 e. The second-order valence-corrected chi connectivity index (χ2v) is 11.3. The first kappa shape index (κ1) is 27.5. The van der Waals surface area contributed by atoms with Crippen LogP contribution in [0.4, 0.5) is 14.5 Å². The Morgan fingerprint density at radius 2 is 1.78 bits per heavy atom. The van der Waals surface area contributed by atoms with Crippen molar-refractivity contribution in [2.45, 2.75) is 65.5 Å². The fourth-order valence-corrected chi connectivity index (χ4v) is 4.74. The molecule has 0 unspecified atom stereocenters. The van der Waals surface area contributed by atoms with Crippen LogP contribution in [0.3, 0.4) is 0 Å². The lowest BCUT2D eigenvalue weighted by atomic mass is 9.85. The molecule has 0 spiro atoms. The molecule has 9 heteroatoms. The van der Waals surface area contributed by atoms with Gasteiger partial charge in [-0.15, -0.1) is 0 Å². The molecule has 0 fully saturated rings. The van der Waals surface area contributed by atoms with Crippen LogP contribution in [0.2, 0.25) is 0 Å². The van der Waals surface area contributed by atoms with E-state index in [0.717, 1.165) is 12.1 Å². The highest BCUT2D eigenvalue weighted by molar-refractivity contribution is 6.02. The van der Waals surface area contributed by atoms with Crippen LogP contribution in [0.1, 0.15) is 58.4 Å². The van der Waals surface area contributed by atoms with Gasteiger partial charge in [-0.25, -0.2) is 8.78 Å². The lowest BCUT2D eigenvalue weighted by Crippen LogP contribution is -2.57. The van der Waals surface area contributed by atoms with Gasteiger partial charge >= 0.3 is 0 Å². The first-order chi connectivity index (χ1) is 16.6. The van der Waals surface area contributed by atoms with Crippen molar-refractivity contribution in [3.05, 3.63) is 63.1 Å². The van der Waals surface area contributed by atoms with E-state index < -0.39 is 34.5 Å². The van der Waals surface area contributed by atoms with Crippen molar-refractivity contribution in [3.63, 3.8) is 0 Å². The van der Waals surface area contributed by atoms with Crippen LogP contribution in [-0.2, 0) is 28.5 Å². The molecule has 0 bridgehead atoms. The number of halogens is 2. The molecule has 1 aliphatic rings. The average Bonchev–Trinajstić information content (AvgIpc) is 3.05. The summed E-state index contributed by atoms with van der Waals surface area (Å²) in [6.45, 7) is 11.6. The molecule has 0 saturated carbocycles. The number of hydrogen-bond acceptors (Lipinski definition) is 4. The van der Waals surface area contributed by atoms with Gasteiger partial charge in [0.2, 0.25) is 11.8 Å². The highest BCUT2D eigenvalue weighted by Crippen LogP contribution is 2.41. The summed E-state index contributed by atoms with van der Waals surface area (Å²) in [7, 11) is 3.31. The summed E-state index contributed by atoms with van der Waals surface area (Å²) in [5, 5.41) is 5.77. The van der Waals surface area contributed by atoms with E-state index in [9.17, 15) is 23.2 Å². The van der Waals surface area contributed by atoms with Gasteiger partial charge < -0.3 is 20.1 Å². The monoisotopic (exact) mass is 502 g/mol. The normalized spacial score (nSPS) is 16.4. The lowest BCUT2D eigenvalue weighted by Gasteiger charge is -2.34. The summed E-state index contributed by atoms with van der Waals surface area (Å²) >= 11 is 0. The van der Waals surface area contributed by atoms with E-state index in [1.807, 2.05) is 34.6 Å². The zero-order valence-electron chi connectivity index (χ0n) is 22.3. The van der Waals surface area contributed by atoms with Gasteiger partial charge in [0.1, 0.15) is 17.7 Å². The third-order valence-electron chi connectivity index (χ3n) is 6.84. The topological polar surface area (TPSA) is 83.4 Å². The van der Waals surface area contributed by atoms with Crippen LogP contribution >= 0.6 is 0 Å². The van der Waals surface area contributed by atoms with Crippen molar-refractivity contribution in [1.29, 1.82) is 0 Å². The molecule has 0 saturated heterocycles. The number of carbonyl (C=O) groups excluding carboxylic acids is 2. The van der Waals surface area contributed by atoms with E-state index in [1.54, 1.807) is 32.0 Å². The molecule has 2 heterocycles. The van der Waals surface area contributed by atoms with E-state index >= 15 is 0 Å². The minimum absolute atomic E-state index is 0.0480. The van der Waals surface area contributed by atoms with Crippen LogP contribution in [0, 0.1) is 17.0 Å². The third kappa shape index (κ3) is 5.21. The summed E-state index contributed by atoms with van der Waals surface area (Å²) in [5.74, 6) is -2.01. The van der Waals surface area contributed by atoms with Crippen molar-refractivity contribution >= 4 is 17.5 Å². The number of carbonyl (C=O) groups is 2. The molecule has 1 aromatic heterocycles. The number of rotatable bonds is 6. The predicted molar refractivity (Wildman–Crippen MR) is 136 cm³/mol. The first-order valence-corrected chi connectivity index (χ1v) is 12.0. The molecule has 2 amide bonds. The SMILES string of the molecule is CN[C@@H](C)C(=O)N[C@H](C(=O)N1CC(C)(C)c2c1cc(Cc1ccc(F)cc1F)c(=O)n2C)C(C)(C)C. The third-order valence-corrected chi connectivity index (χ3v) is 6.84. The number of pyridine rings is 1. The summed E-state index contributed by atoms with van der Waals surface area (Å²) in [6.07, 6.45) is -0.0480. The first-order valence-electron chi connectivity index (χ1n) is 12.0. The molecule has 1 aliphatic heterocycles. The van der Waals surface area contributed by atoms with E-state index in [4.69, 9.17) is 0 Å². The molecule has 0 radical (unpaired) electrons. The highest BCUT2D eigenvalue weighted by Gasteiger charge is 2.45. The van der Waals surface area contributed by atoms with E-state index in [1.165, 1.54) is 10.6 Å². The van der Waals surface area contributed by atoms with E-state index in [0.29, 0.717) is 17.9 Å². The Labute approximate surface area is 210 Å². The van der Waals surface area contributed by atoms with Gasteiger partial charge in [-0.2, -0.15) is 0 Å². The number of benzene rings is 1. The second kappa shape index (κ2) is 9.76. The Morgan fingerprint density at radius 1 is 1.14 bits per heavy atom. The molecular formula is C27H36F2N4O3. The smallest absolute Gasteiger partial charge is 0.254 e. The van der Waals surface area contributed by atoms with Crippen LogP contribution in [0.5, 0.6) is 0 Å². The lowest BCUT2D eigenvalue weighted by molar-refractivity contribution is -0.130. The number of nitrogens with zero attached hydrogens (tertiary/aromatic N) is 2. The van der Waals surface area contributed by atoms with Gasteiger partial charge in [0.05, 0.1) is 17.4 Å². The van der Waals surface area contributed by atoms with E-state index in [2.05, 4.69) is 10.6 Å². The molecule has 196 valence electrons. The number of aromatic nitrogens is 1. The van der Waals surface area contributed by atoms with Gasteiger partial charge in [-0.05, 0) is 37.1 Å². The van der Waals surface area contributed by atoms with Crippen molar-refractivity contribution < 1.29 is 18.4 Å². The Morgan fingerprint density at radius 3 is 2.33 bits per heavy atom. The Hall–Kier alpha value is -3.07. The number of likely N-dealkylation sites (N-methyl/N-ethyl adjacent to an activating group) is 1. The number of amides is 2. The fraction of sp³-hybridized carbons (Fsp3) is 0.519. The van der Waals surface area contributed by atoms with Gasteiger partial charge in [0.25, 0.3) is 5.56 Å². The van der Waals surface area contributed by atoms with E-state index in [-0.39, 0.29) is 34.9 Å². The van der Waals surface area contributed by atoms with Crippen molar-refractivity contribution in [2.75, 3.05) is 18.5 Å². The number of hydrogen-bond donors (Lipinski definition) is 2. The highest BCUT2D eigenvalue weighted by atomic mass is 19.1. The Balaban J connectivity index is 2.09. The van der Waals surface area contributed by atoms with Gasteiger partial charge in [-0.1, -0.05) is 40.7 Å². The predicted octanol–water partition coefficient (Wildman–Crippen LogP) is 3.02. The second-order valence-electron chi connectivity index (χ2n) is 11.3. The van der Waals surface area contributed by atoms with Gasteiger partial charge in [-0.3, -0.25) is 14.4 Å². The summed E-state index contributed by atoms with van der Waals surface area (Å²) in [6, 6.07) is 3.58. The maximum absolute atomic E-state index is 14.4. The maximum atomic E-state index is 14.4. The fourth-order valence-electron chi connectivity index (χ4n) is 4.74. The molecule has 7 nitrogen and oxygen atoms in total. The van der Waals surface area contributed by atoms with Crippen molar-refractivity contribution in [1.82, 2.24) is 15.2 Å². The number of anilines is 1. The minimum Gasteiger partial charge on any atom is -0.342 e. The molecular weight excluding hydrogens is 466 g/mol. The van der Waals surface area contributed by atoms with Crippen LogP contribution < -0.4 is 21.1 Å². The summed E-state index contributed by atoms with van der Waals surface area (Å²) in [4.78, 5) is 41.5. The Kier molecular flexibility index (Phi) is 7.46. The van der Waals surface area contributed by atoms with Gasteiger partial charge in [0, 0.05) is 37.1 Å². The summed E-state index contributed by atoms with van der Waals surface area (Å²) in [5.41, 5.74) is 0.281. The molecule has 3 rings (SSSR count).